The van der Waals surface area contributed by atoms with Crippen molar-refractivity contribution < 1.29 is 0 Å². The zero-order chi connectivity index (χ0) is 12.3. The summed E-state index contributed by atoms with van der Waals surface area (Å²) in [7, 11) is 0. The molecular formula is C16H19N. The minimum atomic E-state index is 0.858. The molecule has 0 radical (unpaired) electrons. The van der Waals surface area contributed by atoms with Gasteiger partial charge in [0, 0.05) is 5.69 Å². The molecule has 2 aromatic carbocycles. The van der Waals surface area contributed by atoms with E-state index in [0.717, 1.165) is 17.7 Å². The number of rotatable bonds is 3. The molecule has 0 amide bonds. The van der Waals surface area contributed by atoms with E-state index in [9.17, 15) is 0 Å². The minimum absolute atomic E-state index is 0.858. The summed E-state index contributed by atoms with van der Waals surface area (Å²) in [5.74, 6) is 0. The van der Waals surface area contributed by atoms with Crippen molar-refractivity contribution in [3.63, 3.8) is 0 Å². The van der Waals surface area contributed by atoms with E-state index in [1.165, 1.54) is 23.1 Å². The highest BCUT2D eigenvalue weighted by molar-refractivity contribution is 5.67. The smallest absolute Gasteiger partial charge is 0.0344 e. The van der Waals surface area contributed by atoms with E-state index in [1.54, 1.807) is 0 Å². The summed E-state index contributed by atoms with van der Waals surface area (Å²) >= 11 is 0. The standard InChI is InChI=1S/C16H19N/c1-3-4-13-5-7-14(8-6-13)15-9-10-16(17)12(2)11-15/h5-11H,3-4,17H2,1-2H3. The first-order chi connectivity index (χ1) is 8.20. The van der Waals surface area contributed by atoms with Crippen LogP contribution in [-0.2, 0) is 6.42 Å². The SMILES string of the molecule is CCCc1ccc(-c2ccc(N)c(C)c2)cc1. The van der Waals surface area contributed by atoms with E-state index in [0.29, 0.717) is 0 Å². The van der Waals surface area contributed by atoms with Gasteiger partial charge in [-0.05, 0) is 47.7 Å². The lowest BCUT2D eigenvalue weighted by Crippen LogP contribution is -1.90. The van der Waals surface area contributed by atoms with Crippen LogP contribution in [0.5, 0.6) is 0 Å². The summed E-state index contributed by atoms with van der Waals surface area (Å²) in [6.07, 6.45) is 2.35. The molecule has 0 saturated carbocycles. The molecule has 2 N–H and O–H groups in total. The summed E-state index contributed by atoms with van der Waals surface area (Å²) in [4.78, 5) is 0. The van der Waals surface area contributed by atoms with Gasteiger partial charge in [0.1, 0.15) is 0 Å². The molecule has 2 aromatic rings. The van der Waals surface area contributed by atoms with Crippen LogP contribution in [-0.4, -0.2) is 0 Å². The maximum absolute atomic E-state index is 5.83. The van der Waals surface area contributed by atoms with Gasteiger partial charge in [-0.2, -0.15) is 0 Å². The van der Waals surface area contributed by atoms with Crippen molar-refractivity contribution >= 4 is 5.69 Å². The average molecular weight is 225 g/mol. The normalized spacial score (nSPS) is 10.5. The van der Waals surface area contributed by atoms with Crippen LogP contribution in [0, 0.1) is 6.92 Å². The van der Waals surface area contributed by atoms with E-state index < -0.39 is 0 Å². The molecule has 88 valence electrons. The highest BCUT2D eigenvalue weighted by atomic mass is 14.5. The van der Waals surface area contributed by atoms with Gasteiger partial charge in [0.05, 0.1) is 0 Å². The molecule has 0 heterocycles. The lowest BCUT2D eigenvalue weighted by molar-refractivity contribution is 0.922. The van der Waals surface area contributed by atoms with E-state index in [4.69, 9.17) is 5.73 Å². The molecule has 0 saturated heterocycles. The van der Waals surface area contributed by atoms with E-state index in [2.05, 4.69) is 43.3 Å². The van der Waals surface area contributed by atoms with Crippen LogP contribution in [0.3, 0.4) is 0 Å². The molecular weight excluding hydrogens is 206 g/mol. The Labute approximate surface area is 103 Å². The van der Waals surface area contributed by atoms with Crippen LogP contribution < -0.4 is 5.73 Å². The van der Waals surface area contributed by atoms with Gasteiger partial charge >= 0.3 is 0 Å². The predicted octanol–water partition coefficient (Wildman–Crippen LogP) is 4.20. The van der Waals surface area contributed by atoms with Crippen molar-refractivity contribution in [1.82, 2.24) is 0 Å². The molecule has 0 aliphatic rings. The lowest BCUT2D eigenvalue weighted by Gasteiger charge is -2.06. The van der Waals surface area contributed by atoms with Gasteiger partial charge in [-0.15, -0.1) is 0 Å². The number of nitrogen functional groups attached to an aromatic ring is 1. The fourth-order valence-electron chi connectivity index (χ4n) is 2.01. The number of hydrogen-bond acceptors (Lipinski definition) is 1. The summed E-state index contributed by atoms with van der Waals surface area (Å²) in [6, 6.07) is 15.0. The molecule has 0 fully saturated rings. The Morgan fingerprint density at radius 2 is 1.59 bits per heavy atom. The molecule has 1 heteroatoms. The second kappa shape index (κ2) is 5.05. The van der Waals surface area contributed by atoms with Crippen LogP contribution >= 0.6 is 0 Å². The van der Waals surface area contributed by atoms with E-state index in [1.807, 2.05) is 13.0 Å². The molecule has 0 atom stereocenters. The van der Waals surface area contributed by atoms with Crippen molar-refractivity contribution in [3.05, 3.63) is 53.6 Å². The van der Waals surface area contributed by atoms with Crippen molar-refractivity contribution in [2.75, 3.05) is 5.73 Å². The third kappa shape index (κ3) is 2.68. The van der Waals surface area contributed by atoms with Crippen LogP contribution in [0.25, 0.3) is 11.1 Å². The van der Waals surface area contributed by atoms with E-state index >= 15 is 0 Å². The molecule has 0 bridgehead atoms. The first-order valence-electron chi connectivity index (χ1n) is 6.16. The monoisotopic (exact) mass is 225 g/mol. The quantitative estimate of drug-likeness (QED) is 0.778. The zero-order valence-corrected chi connectivity index (χ0v) is 10.5. The number of benzene rings is 2. The minimum Gasteiger partial charge on any atom is -0.399 e. The van der Waals surface area contributed by atoms with Gasteiger partial charge in [-0.1, -0.05) is 43.7 Å². The molecule has 0 aliphatic heterocycles. The molecule has 0 aliphatic carbocycles. The Balaban J connectivity index is 2.30. The molecule has 0 aromatic heterocycles. The Morgan fingerprint density at radius 1 is 0.941 bits per heavy atom. The number of nitrogens with two attached hydrogens (primary N) is 1. The maximum atomic E-state index is 5.83. The second-order valence-corrected chi connectivity index (χ2v) is 4.52. The molecule has 0 unspecified atom stereocenters. The second-order valence-electron chi connectivity index (χ2n) is 4.52. The topological polar surface area (TPSA) is 26.0 Å². The van der Waals surface area contributed by atoms with Gasteiger partial charge in [-0.3, -0.25) is 0 Å². The Kier molecular flexibility index (Phi) is 3.48. The largest absolute Gasteiger partial charge is 0.399 e. The first kappa shape index (κ1) is 11.7. The predicted molar refractivity (Wildman–Crippen MR) is 75.0 cm³/mol. The molecule has 0 spiro atoms. The summed E-state index contributed by atoms with van der Waals surface area (Å²) < 4.78 is 0. The number of hydrogen-bond donors (Lipinski definition) is 1. The zero-order valence-electron chi connectivity index (χ0n) is 10.5. The van der Waals surface area contributed by atoms with Crippen LogP contribution in [0.4, 0.5) is 5.69 Å². The van der Waals surface area contributed by atoms with Crippen LogP contribution in [0.1, 0.15) is 24.5 Å². The van der Waals surface area contributed by atoms with Gasteiger partial charge in [-0.25, -0.2) is 0 Å². The van der Waals surface area contributed by atoms with Gasteiger partial charge < -0.3 is 5.73 Å². The van der Waals surface area contributed by atoms with E-state index in [-0.39, 0.29) is 0 Å². The third-order valence-corrected chi connectivity index (χ3v) is 3.10. The first-order valence-corrected chi connectivity index (χ1v) is 6.16. The number of anilines is 1. The Bertz CT molecular complexity index is 497. The van der Waals surface area contributed by atoms with Gasteiger partial charge in [0.15, 0.2) is 0 Å². The summed E-state index contributed by atoms with van der Waals surface area (Å²) in [6.45, 7) is 4.25. The molecule has 1 nitrogen and oxygen atoms in total. The average Bonchev–Trinajstić information content (AvgIpc) is 2.34. The number of aryl methyl sites for hydroxylation is 2. The Hall–Kier alpha value is -1.76. The van der Waals surface area contributed by atoms with Crippen LogP contribution in [0.15, 0.2) is 42.5 Å². The summed E-state index contributed by atoms with van der Waals surface area (Å²) in [5.41, 5.74) is 11.7. The van der Waals surface area contributed by atoms with Gasteiger partial charge in [0.2, 0.25) is 0 Å². The Morgan fingerprint density at radius 3 is 2.18 bits per heavy atom. The van der Waals surface area contributed by atoms with Crippen molar-refractivity contribution in [2.24, 2.45) is 0 Å². The molecule has 17 heavy (non-hydrogen) atoms. The van der Waals surface area contributed by atoms with Crippen LogP contribution in [0.2, 0.25) is 0 Å². The van der Waals surface area contributed by atoms with Crippen molar-refractivity contribution in [1.29, 1.82) is 0 Å². The fourth-order valence-corrected chi connectivity index (χ4v) is 2.01. The highest BCUT2D eigenvalue weighted by Crippen LogP contribution is 2.23. The molecule has 2 rings (SSSR count). The maximum Gasteiger partial charge on any atom is 0.0344 e. The summed E-state index contributed by atoms with van der Waals surface area (Å²) in [5, 5.41) is 0. The highest BCUT2D eigenvalue weighted by Gasteiger charge is 2.00. The fraction of sp³-hybridized carbons (Fsp3) is 0.250. The van der Waals surface area contributed by atoms with Crippen molar-refractivity contribution in [3.8, 4) is 11.1 Å². The van der Waals surface area contributed by atoms with Gasteiger partial charge in [0.25, 0.3) is 0 Å². The lowest BCUT2D eigenvalue weighted by atomic mass is 10.0. The van der Waals surface area contributed by atoms with Crippen molar-refractivity contribution in [2.45, 2.75) is 26.7 Å². The third-order valence-electron chi connectivity index (χ3n) is 3.10.